The molecule has 1 fully saturated rings. The summed E-state index contributed by atoms with van der Waals surface area (Å²) in [4.78, 5) is 125. The van der Waals surface area contributed by atoms with Gasteiger partial charge >= 0.3 is 0 Å². The van der Waals surface area contributed by atoms with E-state index in [4.69, 9.17) is 5.73 Å². The van der Waals surface area contributed by atoms with E-state index < -0.39 is 151 Å². The lowest BCUT2D eigenvalue weighted by atomic mass is 9.81. The number of nitrogens with one attached hydrogen (secondary N) is 9. The molecule has 0 radical (unpaired) electrons. The highest BCUT2D eigenvalue weighted by Gasteiger charge is 2.45. The van der Waals surface area contributed by atoms with Crippen molar-refractivity contribution in [3.63, 3.8) is 0 Å². The van der Waals surface area contributed by atoms with E-state index in [1.54, 1.807) is 91.1 Å². The number of hydrogen-bond acceptors (Lipinski definition) is 19. The Morgan fingerprint density at radius 2 is 1.28 bits per heavy atom. The number of rotatable bonds is 32. The molecule has 0 unspecified atom stereocenters. The highest BCUT2D eigenvalue weighted by atomic mass is 33.1. The molecule has 0 saturated carbocycles. The van der Waals surface area contributed by atoms with Crippen LogP contribution in [0, 0.1) is 0 Å². The van der Waals surface area contributed by atoms with Gasteiger partial charge in [-0.05, 0) is 125 Å². The largest absolute Gasteiger partial charge is 0.394 e. The normalized spacial score (nSPS) is 21.2. The van der Waals surface area contributed by atoms with E-state index in [0.29, 0.717) is 77.6 Å². The molecular formula is C83H107N12O17S4+. The Morgan fingerprint density at radius 3 is 1.95 bits per heavy atom. The Morgan fingerprint density at radius 1 is 0.655 bits per heavy atom. The summed E-state index contributed by atoms with van der Waals surface area (Å²) in [5, 5.41) is 54.6. The van der Waals surface area contributed by atoms with Crippen LogP contribution in [0.3, 0.4) is 0 Å². The van der Waals surface area contributed by atoms with Crippen LogP contribution in [0.1, 0.15) is 125 Å². The summed E-state index contributed by atoms with van der Waals surface area (Å²) in [5.41, 5.74) is 12.5. The van der Waals surface area contributed by atoms with Crippen LogP contribution in [0.4, 0.5) is 11.4 Å². The van der Waals surface area contributed by atoms with Crippen LogP contribution in [0.25, 0.3) is 10.9 Å². The van der Waals surface area contributed by atoms with Gasteiger partial charge in [0, 0.05) is 101 Å². The van der Waals surface area contributed by atoms with E-state index in [1.165, 1.54) is 13.8 Å². The maximum Gasteiger partial charge on any atom is 0.264 e. The number of amides is 8. The van der Waals surface area contributed by atoms with Gasteiger partial charge in [-0.1, -0.05) is 151 Å². The lowest BCUT2D eigenvalue weighted by Gasteiger charge is -2.29. The van der Waals surface area contributed by atoms with Gasteiger partial charge in [-0.2, -0.15) is 21.4 Å². The Hall–Kier alpha value is -9.55. The van der Waals surface area contributed by atoms with E-state index in [-0.39, 0.29) is 67.9 Å². The van der Waals surface area contributed by atoms with Crippen molar-refractivity contribution >= 4 is 117 Å². The molecule has 3 aliphatic heterocycles. The maximum atomic E-state index is 15.5. The third-order valence-corrected chi connectivity index (χ3v) is 24.9. The van der Waals surface area contributed by atoms with Crippen LogP contribution >= 0.6 is 21.6 Å². The predicted octanol–water partition coefficient (Wildman–Crippen LogP) is 5.17. The van der Waals surface area contributed by atoms with Crippen LogP contribution in [-0.2, 0) is 83.9 Å². The smallest absolute Gasteiger partial charge is 0.264 e. The van der Waals surface area contributed by atoms with Crippen LogP contribution in [-0.4, -0.2) is 214 Å². The molecule has 16 N–H and O–H groups in total. The molecule has 33 heteroatoms. The third-order valence-electron chi connectivity index (χ3n) is 20.9. The van der Waals surface area contributed by atoms with Gasteiger partial charge in [-0.15, -0.1) is 0 Å². The zero-order chi connectivity index (χ0) is 84.1. The van der Waals surface area contributed by atoms with Crippen molar-refractivity contribution in [3.8, 4) is 0 Å². The topological polar surface area (TPSA) is 450 Å². The number of para-hydroxylation sites is 2. The summed E-state index contributed by atoms with van der Waals surface area (Å²) < 4.78 is 68.3. The minimum Gasteiger partial charge on any atom is -0.394 e. The number of aromatic amines is 1. The number of hydrogen-bond donors (Lipinski definition) is 15. The van der Waals surface area contributed by atoms with Crippen molar-refractivity contribution in [2.45, 2.75) is 177 Å². The molecule has 6 aromatic rings. The monoisotopic (exact) mass is 1670 g/mol. The van der Waals surface area contributed by atoms with Gasteiger partial charge in [0.25, 0.3) is 26.1 Å². The second-order valence-corrected chi connectivity index (χ2v) is 36.1. The second-order valence-electron chi connectivity index (χ2n) is 30.4. The molecule has 0 aliphatic carbocycles. The first-order valence-electron chi connectivity index (χ1n) is 38.8. The van der Waals surface area contributed by atoms with E-state index in [1.807, 2.05) is 85.5 Å². The second kappa shape index (κ2) is 41.5. The minimum atomic E-state index is -4.28. The summed E-state index contributed by atoms with van der Waals surface area (Å²) in [6.07, 6.45) is 9.81. The zero-order valence-corrected chi connectivity index (χ0v) is 69.1. The summed E-state index contributed by atoms with van der Waals surface area (Å²) in [6, 6.07) is 25.9. The first kappa shape index (κ1) is 90.4. The van der Waals surface area contributed by atoms with Crippen molar-refractivity contribution < 1.29 is 84.2 Å². The number of benzene rings is 5. The Kier molecular flexibility index (Phi) is 32.3. The Labute approximate surface area is 684 Å². The van der Waals surface area contributed by atoms with Gasteiger partial charge in [0.05, 0.1) is 41.8 Å². The number of fused-ring (bicyclic) bond motifs is 3. The fourth-order valence-corrected chi connectivity index (χ4v) is 17.9. The average molecular weight is 1670 g/mol. The fraction of sp³-hybridized carbons (Fsp3) is 0.434. The number of allylic oxidation sites excluding steroid dienone is 6. The molecule has 8 amide bonds. The van der Waals surface area contributed by atoms with Crippen LogP contribution < -0.4 is 53.2 Å². The molecule has 0 spiro atoms. The van der Waals surface area contributed by atoms with Gasteiger partial charge in [0.1, 0.15) is 48.8 Å². The first-order valence-corrected chi connectivity index (χ1v) is 44.5. The number of carbonyl (C=O) groups excluding carboxylic acids is 8. The van der Waals surface area contributed by atoms with Crippen molar-refractivity contribution in [3.05, 3.63) is 203 Å². The third kappa shape index (κ3) is 24.8. The Bertz CT molecular complexity index is 4840. The van der Waals surface area contributed by atoms with Gasteiger partial charge in [-0.3, -0.25) is 47.5 Å². The lowest BCUT2D eigenvalue weighted by molar-refractivity contribution is -0.438. The van der Waals surface area contributed by atoms with Gasteiger partial charge in [0.15, 0.2) is 5.71 Å². The minimum absolute atomic E-state index is 0.0300. The molecule has 0 bridgehead atoms. The highest BCUT2D eigenvalue weighted by molar-refractivity contribution is 8.76. The fourth-order valence-electron chi connectivity index (χ4n) is 14.5. The average Bonchev–Trinajstić information content (AvgIpc) is 1.60. The van der Waals surface area contributed by atoms with Crippen LogP contribution in [0.5, 0.6) is 0 Å². The number of unbranched alkanes of at least 4 members (excludes halogenated alkanes) is 3. The van der Waals surface area contributed by atoms with Crippen LogP contribution in [0.2, 0.25) is 0 Å². The van der Waals surface area contributed by atoms with Gasteiger partial charge in [-0.25, -0.2) is 0 Å². The van der Waals surface area contributed by atoms with Crippen molar-refractivity contribution in [2.75, 3.05) is 54.2 Å². The van der Waals surface area contributed by atoms with E-state index >= 15 is 24.0 Å². The number of nitrogens with two attached hydrogens (primary N) is 1. The van der Waals surface area contributed by atoms with Crippen LogP contribution in [0.15, 0.2) is 170 Å². The number of H-pyrrole nitrogens is 1. The van der Waals surface area contributed by atoms with E-state index in [9.17, 15) is 55.6 Å². The summed E-state index contributed by atoms with van der Waals surface area (Å²) in [6.45, 7) is 11.0. The van der Waals surface area contributed by atoms with Crippen molar-refractivity contribution in [1.29, 1.82) is 0 Å². The number of anilines is 1. The zero-order valence-electron chi connectivity index (χ0n) is 65.8. The number of aromatic nitrogens is 1. The quantitative estimate of drug-likeness (QED) is 0.00851. The van der Waals surface area contributed by atoms with Gasteiger partial charge < -0.3 is 73.5 Å². The number of aliphatic hydroxyl groups is 3. The van der Waals surface area contributed by atoms with Crippen molar-refractivity contribution in [2.24, 2.45) is 5.73 Å². The number of carbonyl (C=O) groups is 8. The Balaban J connectivity index is 1.06. The summed E-state index contributed by atoms with van der Waals surface area (Å²) in [5.74, 6) is -8.46. The van der Waals surface area contributed by atoms with E-state index in [2.05, 4.69) is 72.0 Å². The summed E-state index contributed by atoms with van der Waals surface area (Å²) in [7, 11) is -6.51. The van der Waals surface area contributed by atoms with Crippen molar-refractivity contribution in [1.82, 2.24) is 47.5 Å². The first-order chi connectivity index (χ1) is 55.2. The molecular weight excluding hydrogens is 1570 g/mol. The maximum absolute atomic E-state index is 15.5. The number of nitrogens with zero attached hydrogens (tertiary/aromatic N) is 2. The molecule has 1 saturated heterocycles. The molecule has 4 heterocycles. The highest BCUT2D eigenvalue weighted by Crippen LogP contribution is 2.48. The molecule has 116 heavy (non-hydrogen) atoms. The molecule has 1 aromatic heterocycles. The molecule has 10 atom stereocenters. The van der Waals surface area contributed by atoms with E-state index in [0.717, 1.165) is 44.2 Å². The standard InChI is InChI=1S/C83H106N12O17S4/c1-52(97)66(49-96)90-80(105)68-51-114-113-50-67(79(104)88-64(45-55-28-12-8-13-29-55)76(101)89-65(47-57-48-85-61-32-18-16-30-58(57)61)78(103)86-62(33-20-21-39-84)75(100)93-73(53(2)98)81(106)92-68)91-77(102)63(44-54-26-10-7-11-27-54)87-74(99)56-37-38-70-60(46-56)83(5,6)72(95(70)41-23-25-43-116(110,111)112)36-15-9-14-35-71-82(3,4)59-31-17-19-34-69(59)94(71)40-22-24-42-115(107,108)109/h7-19,26-32,34-38,46,48,52-53,62-68,73,85,96-98H,20-25,33,39-45,47,49-51,84H2,1-6H3,(H9-,86,87,88,89,90,91,92,93,99,100,101,102,103,104,105,106,107,108,109,110,111,112)/p+1/t52-,53-,62+,63-,64+,65-,66-,67+,68+,73+/m1/s1. The molecule has 29 nitrogen and oxygen atoms in total. The lowest BCUT2D eigenvalue weighted by Crippen LogP contribution is -2.62. The molecule has 9 rings (SSSR count). The molecule has 624 valence electrons. The predicted molar refractivity (Wildman–Crippen MR) is 449 cm³/mol. The SMILES string of the molecule is C[C@@H](O)[C@@H]1NC(=O)[C@H](CCCCN)NC(=O)[C@@H](Cc2c[nH]c3ccccc23)NC(=O)[C@H](Cc2ccccc2)NC(=O)[C@@H](NC(=O)[C@@H](Cc2ccccc2)NC(=O)c2ccc3c(c2)C(C)(C)C(=CC=CC=CC2=[N+](CCCCS(=O)(=O)O)c4ccccc4C2(C)C)N3CCCCS(=O)(=O)O)CSSC[C@@H](C(=O)N[C@H](CO)[C@@H](C)O)NC1=O. The number of aliphatic hydroxyl groups excluding tert-OH is 3. The molecule has 3 aliphatic rings. The van der Waals surface area contributed by atoms with Gasteiger partial charge in [0.2, 0.25) is 47.0 Å². The molecule has 5 aromatic carbocycles. The summed E-state index contributed by atoms with van der Waals surface area (Å²) >= 11 is 0.